The normalized spacial score (nSPS) is 23.5. The molecule has 0 radical (unpaired) electrons. The third kappa shape index (κ3) is 7.39. The number of hydrogen-bond donors (Lipinski definition) is 0. The summed E-state index contributed by atoms with van der Waals surface area (Å²) in [6, 6.07) is 90.4. The predicted molar refractivity (Wildman–Crippen MR) is 351 cm³/mol. The van der Waals surface area contributed by atoms with Crippen molar-refractivity contribution in [2.75, 3.05) is 4.90 Å². The molecule has 2 atom stereocenters. The second kappa shape index (κ2) is 18.3. The van der Waals surface area contributed by atoms with Crippen molar-refractivity contribution in [1.82, 2.24) is 0 Å². The molecule has 4 fully saturated rings. The second-order valence-corrected chi connectivity index (χ2v) is 29.1. The van der Waals surface area contributed by atoms with Gasteiger partial charge in [-0.2, -0.15) is 0 Å². The molecule has 4 bridgehead atoms. The van der Waals surface area contributed by atoms with Gasteiger partial charge in [0, 0.05) is 22.5 Å². The number of hydrogen-bond acceptors (Lipinski definition) is 1. The first-order chi connectivity index (χ1) is 40.6. The maximum Gasteiger partial charge on any atom is 0.0714 e. The van der Waals surface area contributed by atoms with E-state index in [0.717, 1.165) is 29.1 Å². The molecule has 0 heterocycles. The van der Waals surface area contributed by atoms with Crippen LogP contribution in [0.15, 0.2) is 231 Å². The lowest BCUT2D eigenvalue weighted by Gasteiger charge is -2.57. The molecular weight excluding hydrogens is 1010 g/mol. The number of fused-ring (bicyclic) bond motifs is 9. The Balaban J connectivity index is 0.940. The topological polar surface area (TPSA) is 3.24 Å². The molecule has 7 aliphatic carbocycles. The fraction of sp³-hybridized carbons (Fsp3) is 0.277. The Bertz CT molecular complexity index is 4060. The fourth-order valence-corrected chi connectivity index (χ4v) is 18.3. The van der Waals surface area contributed by atoms with Gasteiger partial charge in [0.1, 0.15) is 0 Å². The summed E-state index contributed by atoms with van der Waals surface area (Å²) in [5.74, 6) is 2.72. The Hall–Kier alpha value is -8.00. The van der Waals surface area contributed by atoms with Crippen molar-refractivity contribution < 1.29 is 0 Å². The van der Waals surface area contributed by atoms with Gasteiger partial charge in [-0.15, -0.1) is 0 Å². The van der Waals surface area contributed by atoms with Crippen molar-refractivity contribution in [3.8, 4) is 33.4 Å². The minimum absolute atomic E-state index is 0.0405. The summed E-state index contributed by atoms with van der Waals surface area (Å²) in [6.07, 6.45) is 8.52. The highest BCUT2D eigenvalue weighted by Gasteiger charge is 2.53. The second-order valence-electron chi connectivity index (χ2n) is 29.1. The quantitative estimate of drug-likeness (QED) is 0.147. The summed E-state index contributed by atoms with van der Waals surface area (Å²) >= 11 is 0. The molecule has 0 aromatic heterocycles. The first-order valence-corrected chi connectivity index (χ1v) is 31.5. The number of anilines is 3. The molecule has 7 aliphatic rings. The zero-order chi connectivity index (χ0) is 57.1. The van der Waals surface area contributed by atoms with Gasteiger partial charge in [-0.05, 0) is 215 Å². The fourth-order valence-electron chi connectivity index (χ4n) is 18.3. The van der Waals surface area contributed by atoms with Crippen molar-refractivity contribution in [2.24, 2.45) is 17.8 Å². The first kappa shape index (κ1) is 51.6. The minimum Gasteiger partial charge on any atom is -0.310 e. The van der Waals surface area contributed by atoms with Gasteiger partial charge < -0.3 is 4.90 Å². The van der Waals surface area contributed by atoms with Crippen molar-refractivity contribution >= 4 is 17.1 Å². The molecule has 0 saturated heterocycles. The van der Waals surface area contributed by atoms with Gasteiger partial charge in [-0.1, -0.05) is 250 Å². The lowest BCUT2D eigenvalue weighted by Crippen LogP contribution is -2.48. The van der Waals surface area contributed by atoms with Gasteiger partial charge in [0.15, 0.2) is 0 Å². The van der Waals surface area contributed by atoms with E-state index in [1.807, 2.05) is 0 Å². The van der Waals surface area contributed by atoms with Gasteiger partial charge in [-0.25, -0.2) is 0 Å². The van der Waals surface area contributed by atoms with Crippen molar-refractivity contribution in [3.63, 3.8) is 0 Å². The smallest absolute Gasteiger partial charge is 0.0714 e. The van der Waals surface area contributed by atoms with Crippen LogP contribution < -0.4 is 4.90 Å². The lowest BCUT2D eigenvalue weighted by molar-refractivity contribution is -0.00522. The molecular formula is C83H77N. The Morgan fingerprint density at radius 2 is 0.667 bits per heavy atom. The summed E-state index contributed by atoms with van der Waals surface area (Å²) in [7, 11) is 0. The largest absolute Gasteiger partial charge is 0.310 e. The van der Waals surface area contributed by atoms with Gasteiger partial charge in [0.25, 0.3) is 0 Å². The highest BCUT2D eigenvalue weighted by molar-refractivity contribution is 5.93. The molecule has 0 aliphatic heterocycles. The van der Waals surface area contributed by atoms with Crippen molar-refractivity contribution in [1.29, 1.82) is 0 Å². The van der Waals surface area contributed by atoms with E-state index in [9.17, 15) is 0 Å². The summed E-state index contributed by atoms with van der Waals surface area (Å²) < 4.78 is 0. The van der Waals surface area contributed by atoms with Gasteiger partial charge >= 0.3 is 0 Å². The van der Waals surface area contributed by atoms with E-state index >= 15 is 0 Å². The summed E-state index contributed by atoms with van der Waals surface area (Å²) in [6.45, 7) is 19.1. The molecule has 84 heavy (non-hydrogen) atoms. The summed E-state index contributed by atoms with van der Waals surface area (Å²) in [4.78, 5) is 2.62. The van der Waals surface area contributed by atoms with E-state index in [-0.39, 0.29) is 16.2 Å². The van der Waals surface area contributed by atoms with Crippen LogP contribution >= 0.6 is 0 Å². The van der Waals surface area contributed by atoms with Crippen LogP contribution in [-0.2, 0) is 32.5 Å². The molecule has 10 aromatic rings. The third-order valence-electron chi connectivity index (χ3n) is 21.9. The molecule has 414 valence electrons. The van der Waals surface area contributed by atoms with Crippen LogP contribution in [0.2, 0.25) is 0 Å². The van der Waals surface area contributed by atoms with Crippen LogP contribution in [0.25, 0.3) is 33.4 Å². The van der Waals surface area contributed by atoms with Gasteiger partial charge in [-0.3, -0.25) is 0 Å². The van der Waals surface area contributed by atoms with E-state index in [2.05, 4.69) is 291 Å². The Morgan fingerprint density at radius 1 is 0.310 bits per heavy atom. The van der Waals surface area contributed by atoms with E-state index < -0.39 is 10.8 Å². The zero-order valence-electron chi connectivity index (χ0n) is 50.4. The standard InChI is InChI=1S/C83H77N/c1-78(2,3)58-25-19-27-61(44-58)82(56-21-11-9-12-22-56)72-31-17-15-29-66(72)70-39-35-64(48-76(70)82)84(63-34-38-69-68-37-33-60(46-74(68)80(7,8)75(69)47-63)81-50-53-41-54(51-81)43-55(42-53)52-81)65-36-40-71-67-30-16-18-32-73(67)83(77(71)49-65,57-23-13-10-14-24-57)62-28-20-26-59(45-62)79(4,5)6/h9-40,44-49,53-55H,41-43,50-52H2,1-8H3. The van der Waals surface area contributed by atoms with E-state index in [1.54, 1.807) is 5.56 Å². The van der Waals surface area contributed by atoms with Crippen LogP contribution in [0.1, 0.15) is 166 Å². The Labute approximate surface area is 499 Å². The number of benzene rings is 10. The monoisotopic (exact) mass is 1090 g/mol. The third-order valence-corrected chi connectivity index (χ3v) is 21.9. The first-order valence-electron chi connectivity index (χ1n) is 31.5. The molecule has 0 amide bonds. The van der Waals surface area contributed by atoms with Crippen molar-refractivity contribution in [3.05, 3.63) is 303 Å². The molecule has 4 saturated carbocycles. The maximum absolute atomic E-state index is 2.70. The van der Waals surface area contributed by atoms with E-state index in [1.165, 1.54) is 144 Å². The molecule has 10 aromatic carbocycles. The molecule has 1 heteroatoms. The lowest BCUT2D eigenvalue weighted by atomic mass is 9.48. The average molecular weight is 1090 g/mol. The van der Waals surface area contributed by atoms with Crippen LogP contribution in [0.3, 0.4) is 0 Å². The van der Waals surface area contributed by atoms with Crippen molar-refractivity contribution in [2.45, 2.75) is 126 Å². The Kier molecular flexibility index (Phi) is 11.2. The SMILES string of the molecule is CC(C)(C)c1cccc(C2(c3ccccc3)c3ccccc3-c3ccc(N(c4ccc5c(c4)C(C)(C)c4cc(C67CC8CC(CC(C8)C6)C7)ccc4-5)c4ccc5c(c4)C(c4ccccc4)(c4cccc(C(C)(C)C)c4)c4ccccc4-5)cc32)c1. The average Bonchev–Trinajstić information content (AvgIpc) is 1.69. The van der Waals surface area contributed by atoms with E-state index in [4.69, 9.17) is 0 Å². The highest BCUT2D eigenvalue weighted by Crippen LogP contribution is 2.64. The Morgan fingerprint density at radius 3 is 1.11 bits per heavy atom. The van der Waals surface area contributed by atoms with Gasteiger partial charge in [0.2, 0.25) is 0 Å². The number of nitrogens with zero attached hydrogens (tertiary/aromatic N) is 1. The minimum atomic E-state index is -0.591. The summed E-state index contributed by atoms with van der Waals surface area (Å²) in [5, 5.41) is 0. The van der Waals surface area contributed by atoms with Crippen LogP contribution in [0, 0.1) is 17.8 Å². The zero-order valence-corrected chi connectivity index (χ0v) is 50.4. The molecule has 0 spiro atoms. The maximum atomic E-state index is 2.70. The summed E-state index contributed by atoms with van der Waals surface area (Å²) in [5.41, 5.74) is 27.8. The predicted octanol–water partition coefficient (Wildman–Crippen LogP) is 21.3. The number of rotatable bonds is 8. The van der Waals surface area contributed by atoms with Crippen LogP contribution in [-0.4, -0.2) is 0 Å². The highest BCUT2D eigenvalue weighted by atomic mass is 15.1. The van der Waals surface area contributed by atoms with E-state index in [0.29, 0.717) is 5.41 Å². The molecule has 0 N–H and O–H groups in total. The van der Waals surface area contributed by atoms with Crippen LogP contribution in [0.5, 0.6) is 0 Å². The van der Waals surface area contributed by atoms with Gasteiger partial charge in [0.05, 0.1) is 10.8 Å². The molecule has 2 unspecified atom stereocenters. The van der Waals surface area contributed by atoms with Crippen LogP contribution in [0.4, 0.5) is 17.1 Å². The molecule has 17 rings (SSSR count). The molecule has 1 nitrogen and oxygen atoms in total.